The lowest BCUT2D eigenvalue weighted by atomic mass is 9.97. The van der Waals surface area contributed by atoms with Crippen LogP contribution in [-0.4, -0.2) is 21.0 Å². The molecule has 1 unspecified atom stereocenters. The average Bonchev–Trinajstić information content (AvgIpc) is 2.17. The number of hydrogen-bond acceptors (Lipinski definition) is 2. The summed E-state index contributed by atoms with van der Waals surface area (Å²) in [6, 6.07) is 9.45. The van der Waals surface area contributed by atoms with E-state index in [-0.39, 0.29) is 5.75 Å². The van der Waals surface area contributed by atoms with Crippen molar-refractivity contribution in [2.45, 2.75) is 19.6 Å². The molecular weight excluding hydrogens is 224 g/mol. The Morgan fingerprint density at radius 1 is 1.31 bits per heavy atom. The fourth-order valence-corrected chi connectivity index (χ4v) is 2.87. The third-order valence-corrected chi connectivity index (χ3v) is 3.97. The lowest BCUT2D eigenvalue weighted by Gasteiger charge is -2.18. The van der Waals surface area contributed by atoms with Crippen LogP contribution in [0, 0.1) is 5.41 Å². The maximum atomic E-state index is 11.8. The van der Waals surface area contributed by atoms with Crippen LogP contribution in [0.1, 0.15) is 19.4 Å². The van der Waals surface area contributed by atoms with Crippen molar-refractivity contribution >= 4 is 16.8 Å². The van der Waals surface area contributed by atoms with E-state index in [1.54, 1.807) is 13.8 Å². The van der Waals surface area contributed by atoms with Crippen LogP contribution in [0.15, 0.2) is 30.3 Å². The molecule has 1 N–H and O–H groups in total. The highest BCUT2D eigenvalue weighted by Crippen LogP contribution is 2.18. The van der Waals surface area contributed by atoms with Gasteiger partial charge < -0.3 is 5.11 Å². The molecular formula is C12H16O3S. The lowest BCUT2D eigenvalue weighted by Crippen LogP contribution is -2.30. The van der Waals surface area contributed by atoms with Crippen molar-refractivity contribution < 1.29 is 14.1 Å². The van der Waals surface area contributed by atoms with Crippen LogP contribution in [0.2, 0.25) is 0 Å². The van der Waals surface area contributed by atoms with Crippen LogP contribution in [0.25, 0.3) is 0 Å². The Balaban J connectivity index is 2.58. The summed E-state index contributed by atoms with van der Waals surface area (Å²) in [7, 11) is -1.14. The number of hydrogen-bond donors (Lipinski definition) is 1. The number of rotatable bonds is 5. The number of carbonyl (C=O) groups is 1. The minimum atomic E-state index is -1.14. The molecule has 4 heteroatoms. The SMILES string of the molecule is CC(C)(CS(=O)Cc1ccccc1)C(=O)O. The summed E-state index contributed by atoms with van der Waals surface area (Å²) in [5.41, 5.74) is 0.0432. The van der Waals surface area contributed by atoms with Crippen molar-refractivity contribution in [3.63, 3.8) is 0 Å². The van der Waals surface area contributed by atoms with Gasteiger partial charge in [-0.2, -0.15) is 0 Å². The van der Waals surface area contributed by atoms with Gasteiger partial charge in [-0.15, -0.1) is 0 Å². The van der Waals surface area contributed by atoms with Gasteiger partial charge in [-0.25, -0.2) is 0 Å². The first-order valence-electron chi connectivity index (χ1n) is 5.04. The first-order valence-corrected chi connectivity index (χ1v) is 6.53. The summed E-state index contributed by atoms with van der Waals surface area (Å²) in [6.07, 6.45) is 0. The van der Waals surface area contributed by atoms with Gasteiger partial charge in [-0.3, -0.25) is 9.00 Å². The van der Waals surface area contributed by atoms with Gasteiger partial charge in [-0.1, -0.05) is 30.3 Å². The van der Waals surface area contributed by atoms with Gasteiger partial charge in [0.25, 0.3) is 0 Å². The van der Waals surface area contributed by atoms with Gasteiger partial charge in [0, 0.05) is 22.3 Å². The van der Waals surface area contributed by atoms with E-state index in [4.69, 9.17) is 5.11 Å². The molecule has 1 atom stereocenters. The second-order valence-corrected chi connectivity index (χ2v) is 5.86. The molecule has 1 aromatic rings. The van der Waals surface area contributed by atoms with Gasteiger partial charge in [-0.05, 0) is 19.4 Å². The molecule has 0 fully saturated rings. The van der Waals surface area contributed by atoms with Crippen LogP contribution >= 0.6 is 0 Å². The van der Waals surface area contributed by atoms with E-state index < -0.39 is 22.2 Å². The predicted molar refractivity (Wildman–Crippen MR) is 64.6 cm³/mol. The minimum Gasteiger partial charge on any atom is -0.481 e. The Hall–Kier alpha value is -1.16. The van der Waals surface area contributed by atoms with Crippen LogP contribution < -0.4 is 0 Å². The normalized spacial score (nSPS) is 13.4. The van der Waals surface area contributed by atoms with Gasteiger partial charge in [0.15, 0.2) is 0 Å². The molecule has 0 aliphatic carbocycles. The summed E-state index contributed by atoms with van der Waals surface area (Å²) in [4.78, 5) is 10.9. The second kappa shape index (κ2) is 5.25. The zero-order valence-electron chi connectivity index (χ0n) is 9.47. The van der Waals surface area contributed by atoms with Crippen LogP contribution in [0.5, 0.6) is 0 Å². The zero-order valence-corrected chi connectivity index (χ0v) is 10.3. The molecule has 3 nitrogen and oxygen atoms in total. The smallest absolute Gasteiger partial charge is 0.310 e. The van der Waals surface area contributed by atoms with Crippen molar-refractivity contribution in [3.8, 4) is 0 Å². The molecule has 0 amide bonds. The van der Waals surface area contributed by atoms with E-state index in [1.165, 1.54) is 0 Å². The monoisotopic (exact) mass is 240 g/mol. The molecule has 0 saturated heterocycles. The third kappa shape index (κ3) is 3.77. The predicted octanol–water partition coefficient (Wildman–Crippen LogP) is 2.05. The third-order valence-electron chi connectivity index (χ3n) is 2.27. The Kier molecular flexibility index (Phi) is 4.24. The number of benzene rings is 1. The number of carboxylic acids is 1. The molecule has 16 heavy (non-hydrogen) atoms. The Bertz CT molecular complexity index is 385. The van der Waals surface area contributed by atoms with Crippen LogP contribution in [-0.2, 0) is 21.3 Å². The fourth-order valence-electron chi connectivity index (χ4n) is 1.28. The summed E-state index contributed by atoms with van der Waals surface area (Å²) in [6.45, 7) is 3.19. The van der Waals surface area contributed by atoms with Crippen LogP contribution in [0.4, 0.5) is 0 Å². The molecule has 1 rings (SSSR count). The summed E-state index contributed by atoms with van der Waals surface area (Å²) < 4.78 is 11.8. The Morgan fingerprint density at radius 3 is 2.38 bits per heavy atom. The van der Waals surface area contributed by atoms with Gasteiger partial charge in [0.05, 0.1) is 5.41 Å². The molecule has 0 saturated carbocycles. The Labute approximate surface area is 98.0 Å². The highest BCUT2D eigenvalue weighted by atomic mass is 32.2. The minimum absolute atomic E-state index is 0.178. The summed E-state index contributed by atoms with van der Waals surface area (Å²) in [5.74, 6) is -0.316. The standard InChI is InChI=1S/C12H16O3S/c1-12(2,11(13)14)9-16(15)8-10-6-4-3-5-7-10/h3-7H,8-9H2,1-2H3,(H,13,14). The topological polar surface area (TPSA) is 54.4 Å². The van der Waals surface area contributed by atoms with Gasteiger partial charge in [0.2, 0.25) is 0 Å². The highest BCUT2D eigenvalue weighted by molar-refractivity contribution is 7.84. The lowest BCUT2D eigenvalue weighted by molar-refractivity contribution is -0.145. The van der Waals surface area contributed by atoms with E-state index in [0.29, 0.717) is 5.75 Å². The summed E-state index contributed by atoms with van der Waals surface area (Å²) >= 11 is 0. The highest BCUT2D eigenvalue weighted by Gasteiger charge is 2.29. The number of aliphatic carboxylic acids is 1. The molecule has 88 valence electrons. The van der Waals surface area contributed by atoms with Gasteiger partial charge >= 0.3 is 5.97 Å². The van der Waals surface area contributed by atoms with E-state index in [2.05, 4.69) is 0 Å². The molecule has 0 aromatic heterocycles. The van der Waals surface area contributed by atoms with Crippen molar-refractivity contribution in [1.82, 2.24) is 0 Å². The Morgan fingerprint density at radius 2 is 1.88 bits per heavy atom. The first-order chi connectivity index (χ1) is 7.42. The molecule has 0 heterocycles. The fraction of sp³-hybridized carbons (Fsp3) is 0.417. The second-order valence-electron chi connectivity index (χ2n) is 4.40. The maximum Gasteiger partial charge on any atom is 0.310 e. The van der Waals surface area contributed by atoms with E-state index in [0.717, 1.165) is 5.56 Å². The zero-order chi connectivity index (χ0) is 12.2. The van der Waals surface area contributed by atoms with E-state index in [1.807, 2.05) is 30.3 Å². The van der Waals surface area contributed by atoms with Crippen molar-refractivity contribution in [2.75, 3.05) is 5.75 Å². The summed E-state index contributed by atoms with van der Waals surface area (Å²) in [5, 5.41) is 8.92. The van der Waals surface area contributed by atoms with E-state index in [9.17, 15) is 9.00 Å². The van der Waals surface area contributed by atoms with Crippen molar-refractivity contribution in [2.24, 2.45) is 5.41 Å². The van der Waals surface area contributed by atoms with Crippen molar-refractivity contribution in [3.05, 3.63) is 35.9 Å². The molecule has 0 radical (unpaired) electrons. The first kappa shape index (κ1) is 12.9. The average molecular weight is 240 g/mol. The molecule has 0 spiro atoms. The molecule has 0 aliphatic heterocycles. The van der Waals surface area contributed by atoms with Crippen molar-refractivity contribution in [1.29, 1.82) is 0 Å². The molecule has 0 aliphatic rings. The quantitative estimate of drug-likeness (QED) is 0.857. The molecule has 0 bridgehead atoms. The van der Waals surface area contributed by atoms with E-state index >= 15 is 0 Å². The van der Waals surface area contributed by atoms with Crippen LogP contribution in [0.3, 0.4) is 0 Å². The number of carboxylic acid groups (broad SMARTS) is 1. The maximum absolute atomic E-state index is 11.8. The van der Waals surface area contributed by atoms with Gasteiger partial charge in [0.1, 0.15) is 0 Å². The largest absolute Gasteiger partial charge is 0.481 e. The molecule has 1 aromatic carbocycles.